The molecule has 4 rings (SSSR count). The molecule has 4 aromatic rings. The summed E-state index contributed by atoms with van der Waals surface area (Å²) in [5.74, 6) is -1.88. The van der Waals surface area contributed by atoms with Crippen LogP contribution in [0.2, 0.25) is 1.41 Å². The smallest absolute Gasteiger partial charge is 0.263 e. The second-order valence-corrected chi connectivity index (χ2v) is 10.7. The molecule has 12 heteroatoms. The third-order valence-electron chi connectivity index (χ3n) is 5.32. The van der Waals surface area contributed by atoms with Crippen molar-refractivity contribution in [3.8, 4) is 34.8 Å². The van der Waals surface area contributed by atoms with Gasteiger partial charge in [0, 0.05) is 12.4 Å². The summed E-state index contributed by atoms with van der Waals surface area (Å²) < 4.78 is 76.6. The molecular weight excluding hydrogens is 522 g/mol. The molecule has 39 heavy (non-hydrogen) atoms. The third-order valence-corrected chi connectivity index (χ3v) is 6.60. The highest BCUT2D eigenvalue weighted by Gasteiger charge is 2.26. The highest BCUT2D eigenvalue weighted by Crippen LogP contribution is 2.41. The third kappa shape index (κ3) is 6.59. The molecule has 11 nitrogen and oxygen atoms in total. The Kier molecular flexibility index (Phi) is 6.76. The molecule has 0 aliphatic carbocycles. The van der Waals surface area contributed by atoms with Crippen LogP contribution in [0.3, 0.4) is 0 Å². The second kappa shape index (κ2) is 11.6. The zero-order valence-electron chi connectivity index (χ0n) is 25.7. The number of para-hydroxylation sites is 2. The summed E-state index contributed by atoms with van der Waals surface area (Å²) in [7, 11) is -3.21. The van der Waals surface area contributed by atoms with Gasteiger partial charge < -0.3 is 19.3 Å². The molecule has 0 amide bonds. The van der Waals surface area contributed by atoms with Gasteiger partial charge in [0.1, 0.15) is 6.56 Å². The molecule has 0 fully saturated rings. The number of hydrogen-bond donors (Lipinski definition) is 2. The lowest BCUT2D eigenvalue weighted by molar-refractivity contribution is 0.192. The van der Waals surface area contributed by atoms with Crippen LogP contribution in [0.1, 0.15) is 29.1 Å². The van der Waals surface area contributed by atoms with Crippen molar-refractivity contribution in [3.05, 3.63) is 72.6 Å². The van der Waals surface area contributed by atoms with Gasteiger partial charge in [0.15, 0.2) is 24.6 Å². The van der Waals surface area contributed by atoms with Gasteiger partial charge in [-0.2, -0.15) is 4.98 Å². The maximum Gasteiger partial charge on any atom is 0.263 e. The first-order valence-electron chi connectivity index (χ1n) is 13.5. The number of ether oxygens (including phenoxy) is 3. The Balaban J connectivity index is 1.96. The summed E-state index contributed by atoms with van der Waals surface area (Å²) in [6.45, 7) is 2.45. The molecule has 2 aromatic carbocycles. The van der Waals surface area contributed by atoms with E-state index < -0.39 is 40.6 Å². The van der Waals surface area contributed by atoms with Gasteiger partial charge in [0.25, 0.3) is 15.9 Å². The average Bonchev–Trinajstić information content (AvgIpc) is 2.97. The van der Waals surface area contributed by atoms with E-state index in [4.69, 9.17) is 19.8 Å². The van der Waals surface area contributed by atoms with Gasteiger partial charge in [-0.25, -0.2) is 23.4 Å². The summed E-state index contributed by atoms with van der Waals surface area (Å²) in [6, 6.07) is 13.9. The van der Waals surface area contributed by atoms with E-state index in [0.717, 1.165) is 5.56 Å². The number of rotatable bonds is 11. The minimum atomic E-state index is -4.60. The van der Waals surface area contributed by atoms with Gasteiger partial charge in [0.05, 0.1) is 21.4 Å². The van der Waals surface area contributed by atoms with Crippen LogP contribution >= 0.6 is 0 Å². The number of nitrogens with one attached hydrogen (secondary N) is 1. The van der Waals surface area contributed by atoms with Crippen molar-refractivity contribution < 1.29 is 31.9 Å². The molecule has 0 saturated carbocycles. The van der Waals surface area contributed by atoms with Crippen LogP contribution in [0.15, 0.2) is 71.9 Å². The number of aliphatic hydroxyl groups is 1. The molecule has 2 heterocycles. The standard InChI is InChI=1S/C27H29N5O6S/c1-27(2,3)18-10-12-19(13-11-18)39(34,35)32-23-22(38-21-9-6-5-8-20(21)36-4)26(37-17-16-33)31-25(30-23)24-28-14-7-15-29-24/h5-15,33H,16-17H2,1-4H3,(H,30,31,32)/i17D2,33D/hD. The van der Waals surface area contributed by atoms with Crippen LogP contribution in [-0.2, 0) is 15.4 Å². The number of aliphatic hydroxyl groups excluding tert-OH is 1. The maximum absolute atomic E-state index is 13.8. The fourth-order valence-corrected chi connectivity index (χ4v) is 4.29. The minimum absolute atomic E-state index is 0.0565. The first kappa shape index (κ1) is 22.7. The van der Waals surface area contributed by atoms with E-state index in [9.17, 15) is 8.42 Å². The first-order valence-corrected chi connectivity index (χ1v) is 13.1. The highest BCUT2D eigenvalue weighted by atomic mass is 32.2. The predicted molar refractivity (Wildman–Crippen MR) is 145 cm³/mol. The number of anilines is 1. The lowest BCUT2D eigenvalue weighted by atomic mass is 9.87. The number of sulfonamides is 1. The Hall–Kier alpha value is -4.29. The lowest BCUT2D eigenvalue weighted by Gasteiger charge is -2.20. The van der Waals surface area contributed by atoms with Crippen molar-refractivity contribution in [1.82, 2.24) is 19.9 Å². The molecule has 0 spiro atoms. The van der Waals surface area contributed by atoms with Gasteiger partial charge in [-0.05, 0) is 41.3 Å². The Morgan fingerprint density at radius 1 is 1.00 bits per heavy atom. The molecule has 0 unspecified atom stereocenters. The monoisotopic (exact) mass is 555 g/mol. The van der Waals surface area contributed by atoms with Crippen molar-refractivity contribution in [2.24, 2.45) is 0 Å². The number of benzene rings is 2. The molecule has 204 valence electrons. The topological polar surface area (TPSA) is 146 Å². The SMILES string of the molecule is [2H]OCC([2H])([2H])Oc1nc(-c2ncccn2)nc(N([2H])S(=O)(=O)c2ccc(C(C)(C)C)cc2)c1Oc1ccccc1OC. The van der Waals surface area contributed by atoms with Crippen molar-refractivity contribution in [3.63, 3.8) is 0 Å². The van der Waals surface area contributed by atoms with Crippen molar-refractivity contribution in [2.75, 3.05) is 25.0 Å². The lowest BCUT2D eigenvalue weighted by Crippen LogP contribution is -2.17. The molecule has 0 atom stereocenters. The Bertz CT molecular complexity index is 1670. The van der Waals surface area contributed by atoms with Gasteiger partial charge in [0.2, 0.25) is 13.0 Å². The molecule has 0 aliphatic heterocycles. The summed E-state index contributed by atoms with van der Waals surface area (Å²) >= 11 is 0. The van der Waals surface area contributed by atoms with Crippen LogP contribution in [-0.4, -0.2) is 55.2 Å². The summed E-state index contributed by atoms with van der Waals surface area (Å²) in [4.78, 5) is 16.4. The number of methoxy groups -OCH3 is 1. The summed E-state index contributed by atoms with van der Waals surface area (Å²) in [5, 5.41) is 4.19. The summed E-state index contributed by atoms with van der Waals surface area (Å²) in [6.07, 6.45) is 2.79. The molecule has 2 aromatic heterocycles. The molecule has 0 bridgehead atoms. The minimum Gasteiger partial charge on any atom is -0.493 e. The largest absolute Gasteiger partial charge is 0.493 e. The molecule has 2 N–H and O–H groups in total. The number of aromatic nitrogens is 4. The Morgan fingerprint density at radius 3 is 2.33 bits per heavy atom. The van der Waals surface area contributed by atoms with Crippen molar-refractivity contribution in [2.45, 2.75) is 31.1 Å². The van der Waals surface area contributed by atoms with Crippen LogP contribution in [0.4, 0.5) is 5.82 Å². The van der Waals surface area contributed by atoms with Gasteiger partial charge in [-0.1, -0.05) is 45.0 Å². The van der Waals surface area contributed by atoms with E-state index in [-0.39, 0.29) is 38.2 Å². The average molecular weight is 556 g/mol. The van der Waals surface area contributed by atoms with Crippen LogP contribution in [0, 0.1) is 0 Å². The van der Waals surface area contributed by atoms with Crippen LogP contribution < -0.4 is 18.9 Å². The van der Waals surface area contributed by atoms with Crippen LogP contribution in [0.25, 0.3) is 11.6 Å². The zero-order valence-corrected chi connectivity index (χ0v) is 22.5. The van der Waals surface area contributed by atoms with Crippen LogP contribution in [0.5, 0.6) is 23.1 Å². The quantitative estimate of drug-likeness (QED) is 0.276. The van der Waals surface area contributed by atoms with E-state index in [1.54, 1.807) is 30.3 Å². The van der Waals surface area contributed by atoms with Gasteiger partial charge in [-0.3, -0.25) is 4.72 Å². The fourth-order valence-electron chi connectivity index (χ4n) is 3.36. The molecule has 0 saturated heterocycles. The second-order valence-electron chi connectivity index (χ2n) is 9.06. The number of hydrogen-bond acceptors (Lipinski definition) is 10. The Labute approximate surface area is 232 Å². The van der Waals surface area contributed by atoms with E-state index in [1.807, 2.05) is 20.8 Å². The van der Waals surface area contributed by atoms with E-state index >= 15 is 0 Å². The normalized spacial score (nSPS) is 13.4. The Morgan fingerprint density at radius 2 is 1.69 bits per heavy atom. The first-order chi connectivity index (χ1) is 20.3. The predicted octanol–water partition coefficient (Wildman–Crippen LogP) is 4.20. The van der Waals surface area contributed by atoms with Crippen molar-refractivity contribution in [1.29, 1.82) is 1.43 Å². The highest BCUT2D eigenvalue weighted by molar-refractivity contribution is 7.92. The van der Waals surface area contributed by atoms with E-state index in [1.165, 1.54) is 43.8 Å². The van der Waals surface area contributed by atoms with E-state index in [0.29, 0.717) is 0 Å². The van der Waals surface area contributed by atoms with Gasteiger partial charge >= 0.3 is 0 Å². The number of nitrogens with zero attached hydrogens (tertiary/aromatic N) is 4. The van der Waals surface area contributed by atoms with Crippen molar-refractivity contribution >= 4 is 15.8 Å². The molecule has 0 aliphatic rings. The molecular formula is C27H29N5O6S. The summed E-state index contributed by atoms with van der Waals surface area (Å²) in [5.41, 5.74) is 0.632. The van der Waals surface area contributed by atoms with E-state index in [2.05, 4.69) is 25.0 Å². The maximum atomic E-state index is 13.8. The molecule has 0 radical (unpaired) electrons. The zero-order chi connectivity index (χ0) is 31.4. The van der Waals surface area contributed by atoms with Gasteiger partial charge in [-0.15, -0.1) is 0 Å². The fraction of sp³-hybridized carbons (Fsp3) is 0.259.